The van der Waals surface area contributed by atoms with Crippen LogP contribution in [0.2, 0.25) is 0 Å². The molecular weight excluding hydrogens is 348 g/mol. The zero-order chi connectivity index (χ0) is 19.3. The summed E-state index contributed by atoms with van der Waals surface area (Å²) in [4.78, 5) is 9.63. The zero-order valence-electron chi connectivity index (χ0n) is 15.8. The van der Waals surface area contributed by atoms with Crippen LogP contribution in [-0.4, -0.2) is 24.2 Å². The molecule has 0 atom stereocenters. The molecular formula is C24H20N2O2. The molecule has 4 rings (SSSR count). The lowest BCUT2D eigenvalue weighted by Crippen LogP contribution is -1.96. The molecule has 4 aromatic rings. The predicted molar refractivity (Wildman–Crippen MR) is 111 cm³/mol. The number of hydrogen-bond acceptors (Lipinski definition) is 4. The van der Waals surface area contributed by atoms with Crippen molar-refractivity contribution in [2.45, 2.75) is 0 Å². The second-order valence-corrected chi connectivity index (χ2v) is 6.26. The first-order valence-corrected chi connectivity index (χ1v) is 9.01. The average Bonchev–Trinajstić information content (AvgIpc) is 2.79. The van der Waals surface area contributed by atoms with E-state index in [9.17, 15) is 0 Å². The van der Waals surface area contributed by atoms with Gasteiger partial charge in [-0.1, -0.05) is 60.7 Å². The van der Waals surface area contributed by atoms with Gasteiger partial charge in [0, 0.05) is 16.7 Å². The fraction of sp³-hybridized carbons (Fsp3) is 0.0833. The summed E-state index contributed by atoms with van der Waals surface area (Å²) < 4.78 is 10.8. The molecule has 0 bridgehead atoms. The molecule has 0 aliphatic heterocycles. The normalized spacial score (nSPS) is 10.5. The molecule has 0 aliphatic carbocycles. The van der Waals surface area contributed by atoms with E-state index in [1.54, 1.807) is 14.2 Å². The van der Waals surface area contributed by atoms with Gasteiger partial charge in [0.25, 0.3) is 0 Å². The van der Waals surface area contributed by atoms with E-state index in [2.05, 4.69) is 12.1 Å². The van der Waals surface area contributed by atoms with Crippen molar-refractivity contribution in [2.24, 2.45) is 0 Å². The molecule has 0 N–H and O–H groups in total. The highest BCUT2D eigenvalue weighted by Gasteiger charge is 2.12. The second kappa shape index (κ2) is 7.92. The van der Waals surface area contributed by atoms with Crippen LogP contribution in [0, 0.1) is 0 Å². The van der Waals surface area contributed by atoms with Crippen molar-refractivity contribution >= 4 is 0 Å². The molecule has 4 nitrogen and oxygen atoms in total. The van der Waals surface area contributed by atoms with Gasteiger partial charge >= 0.3 is 0 Å². The first-order chi connectivity index (χ1) is 13.8. The minimum absolute atomic E-state index is 0.668. The SMILES string of the molecule is COc1ccc(-c2cc(-c3ccccc3)nc(-c3ccccc3)n2)cc1OC. The first kappa shape index (κ1) is 17.7. The maximum atomic E-state index is 5.46. The molecule has 0 fully saturated rings. The van der Waals surface area contributed by atoms with Crippen LogP contribution < -0.4 is 9.47 Å². The third-order valence-corrected chi connectivity index (χ3v) is 4.51. The van der Waals surface area contributed by atoms with E-state index in [0.717, 1.165) is 28.1 Å². The van der Waals surface area contributed by atoms with E-state index in [1.165, 1.54) is 0 Å². The van der Waals surface area contributed by atoms with Crippen molar-refractivity contribution < 1.29 is 9.47 Å². The van der Waals surface area contributed by atoms with E-state index in [-0.39, 0.29) is 0 Å². The summed E-state index contributed by atoms with van der Waals surface area (Å²) >= 11 is 0. The van der Waals surface area contributed by atoms with Crippen molar-refractivity contribution in [2.75, 3.05) is 14.2 Å². The lowest BCUT2D eigenvalue weighted by atomic mass is 10.1. The summed E-state index contributed by atoms with van der Waals surface area (Å²) in [7, 11) is 3.26. The minimum atomic E-state index is 0.668. The number of methoxy groups -OCH3 is 2. The molecule has 28 heavy (non-hydrogen) atoms. The highest BCUT2D eigenvalue weighted by atomic mass is 16.5. The first-order valence-electron chi connectivity index (χ1n) is 9.01. The highest BCUT2D eigenvalue weighted by molar-refractivity contribution is 5.73. The van der Waals surface area contributed by atoms with E-state index in [4.69, 9.17) is 19.4 Å². The van der Waals surface area contributed by atoms with E-state index < -0.39 is 0 Å². The Morgan fingerprint density at radius 2 is 1.11 bits per heavy atom. The number of hydrogen-bond donors (Lipinski definition) is 0. The quantitative estimate of drug-likeness (QED) is 0.467. The Bertz CT molecular complexity index is 1020. The van der Waals surface area contributed by atoms with Gasteiger partial charge in [-0.15, -0.1) is 0 Å². The van der Waals surface area contributed by atoms with Gasteiger partial charge in [0.1, 0.15) is 0 Å². The maximum Gasteiger partial charge on any atom is 0.161 e. The number of rotatable bonds is 5. The van der Waals surface area contributed by atoms with Gasteiger partial charge in [0.05, 0.1) is 25.6 Å². The lowest BCUT2D eigenvalue weighted by Gasteiger charge is -2.12. The van der Waals surface area contributed by atoms with E-state index >= 15 is 0 Å². The zero-order valence-corrected chi connectivity index (χ0v) is 15.8. The van der Waals surface area contributed by atoms with Crippen molar-refractivity contribution in [3.63, 3.8) is 0 Å². The Hall–Kier alpha value is -3.66. The van der Waals surface area contributed by atoms with Gasteiger partial charge in [-0.05, 0) is 24.3 Å². The average molecular weight is 368 g/mol. The second-order valence-electron chi connectivity index (χ2n) is 6.26. The van der Waals surface area contributed by atoms with Gasteiger partial charge in [-0.25, -0.2) is 9.97 Å². The van der Waals surface area contributed by atoms with Gasteiger partial charge in [0.15, 0.2) is 17.3 Å². The monoisotopic (exact) mass is 368 g/mol. The Labute approximate surface area is 164 Å². The Balaban J connectivity index is 1.89. The van der Waals surface area contributed by atoms with Crippen LogP contribution in [0.1, 0.15) is 0 Å². The summed E-state index contributed by atoms with van der Waals surface area (Å²) in [5.41, 5.74) is 4.66. The fourth-order valence-corrected chi connectivity index (χ4v) is 3.06. The third kappa shape index (κ3) is 3.58. The summed E-state index contributed by atoms with van der Waals surface area (Å²) in [6, 6.07) is 27.9. The molecule has 0 unspecified atom stereocenters. The van der Waals surface area contributed by atoms with Crippen LogP contribution in [0.5, 0.6) is 11.5 Å². The van der Waals surface area contributed by atoms with Crippen LogP contribution >= 0.6 is 0 Å². The fourth-order valence-electron chi connectivity index (χ4n) is 3.06. The van der Waals surface area contributed by atoms with Crippen molar-refractivity contribution in [1.82, 2.24) is 9.97 Å². The molecule has 0 saturated heterocycles. The molecule has 138 valence electrons. The van der Waals surface area contributed by atoms with Crippen molar-refractivity contribution in [3.05, 3.63) is 84.9 Å². The summed E-state index contributed by atoms with van der Waals surface area (Å²) in [6.07, 6.45) is 0. The number of nitrogens with zero attached hydrogens (tertiary/aromatic N) is 2. The lowest BCUT2D eigenvalue weighted by molar-refractivity contribution is 0.355. The Morgan fingerprint density at radius 3 is 1.71 bits per heavy atom. The van der Waals surface area contributed by atoms with Crippen molar-refractivity contribution in [3.8, 4) is 45.4 Å². The number of aromatic nitrogens is 2. The third-order valence-electron chi connectivity index (χ3n) is 4.51. The topological polar surface area (TPSA) is 44.2 Å². The van der Waals surface area contributed by atoms with Crippen LogP contribution in [0.15, 0.2) is 84.9 Å². The molecule has 0 radical (unpaired) electrons. The Morgan fingerprint density at radius 1 is 0.536 bits per heavy atom. The molecule has 1 heterocycles. The highest BCUT2D eigenvalue weighted by Crippen LogP contribution is 2.33. The smallest absolute Gasteiger partial charge is 0.161 e. The molecule has 0 saturated carbocycles. The molecule has 0 aliphatic rings. The van der Waals surface area contributed by atoms with Crippen LogP contribution in [0.4, 0.5) is 0 Å². The summed E-state index contributed by atoms with van der Waals surface area (Å²) in [5, 5.41) is 0. The maximum absolute atomic E-state index is 5.46. The van der Waals surface area contributed by atoms with Gasteiger partial charge < -0.3 is 9.47 Å². The van der Waals surface area contributed by atoms with Crippen LogP contribution in [0.3, 0.4) is 0 Å². The molecule has 0 spiro atoms. The predicted octanol–water partition coefficient (Wildman–Crippen LogP) is 5.49. The van der Waals surface area contributed by atoms with Gasteiger partial charge in [-0.2, -0.15) is 0 Å². The Kier molecular flexibility index (Phi) is 5.02. The van der Waals surface area contributed by atoms with E-state index in [1.807, 2.05) is 72.8 Å². The summed E-state index contributed by atoms with van der Waals surface area (Å²) in [5.74, 6) is 2.04. The largest absolute Gasteiger partial charge is 0.493 e. The molecule has 1 aromatic heterocycles. The van der Waals surface area contributed by atoms with Crippen LogP contribution in [-0.2, 0) is 0 Å². The number of ether oxygens (including phenoxy) is 2. The van der Waals surface area contributed by atoms with Crippen molar-refractivity contribution in [1.29, 1.82) is 0 Å². The van der Waals surface area contributed by atoms with Gasteiger partial charge in [0.2, 0.25) is 0 Å². The number of benzene rings is 3. The van der Waals surface area contributed by atoms with E-state index in [0.29, 0.717) is 17.3 Å². The summed E-state index contributed by atoms with van der Waals surface area (Å²) in [6.45, 7) is 0. The minimum Gasteiger partial charge on any atom is -0.493 e. The molecule has 4 heteroatoms. The van der Waals surface area contributed by atoms with Crippen LogP contribution in [0.25, 0.3) is 33.9 Å². The van der Waals surface area contributed by atoms with Gasteiger partial charge in [-0.3, -0.25) is 0 Å². The molecule has 0 amide bonds. The molecule has 3 aromatic carbocycles. The standard InChI is InChI=1S/C24H20N2O2/c1-27-22-14-13-19(15-23(22)28-2)21-16-20(17-9-5-3-6-10-17)25-24(26-21)18-11-7-4-8-12-18/h3-16H,1-2H3.